The molecule has 10 heteroatoms. The first-order valence-corrected chi connectivity index (χ1v) is 15.2. The van der Waals surface area contributed by atoms with Gasteiger partial charge >= 0.3 is 5.97 Å². The third-order valence-electron chi connectivity index (χ3n) is 7.90. The smallest absolute Gasteiger partial charge is 0.337 e. The van der Waals surface area contributed by atoms with Crippen molar-refractivity contribution in [1.82, 2.24) is 19.0 Å². The lowest BCUT2D eigenvalue weighted by atomic mass is 9.94. The van der Waals surface area contributed by atoms with Crippen LogP contribution in [0.3, 0.4) is 0 Å². The van der Waals surface area contributed by atoms with E-state index < -0.39 is 22.0 Å². The Balaban J connectivity index is 1.48. The summed E-state index contributed by atoms with van der Waals surface area (Å²) in [4.78, 5) is 19.3. The molecular formula is C31H33N5O4S. The number of aryl methyl sites for hydroxylation is 1. The topological polar surface area (TPSA) is 97.1 Å². The maximum atomic E-state index is 13.9. The van der Waals surface area contributed by atoms with Crippen molar-refractivity contribution in [3.05, 3.63) is 100 Å². The van der Waals surface area contributed by atoms with Crippen LogP contribution in [0.4, 0.5) is 5.82 Å². The van der Waals surface area contributed by atoms with E-state index in [0.717, 1.165) is 28.9 Å². The van der Waals surface area contributed by atoms with Crippen LogP contribution in [0.1, 0.15) is 53.5 Å². The Bertz CT molecular complexity index is 1680. The van der Waals surface area contributed by atoms with E-state index in [1.54, 1.807) is 34.8 Å². The highest BCUT2D eigenvalue weighted by Gasteiger charge is 2.39. The van der Waals surface area contributed by atoms with Gasteiger partial charge in [0.1, 0.15) is 5.84 Å². The monoisotopic (exact) mass is 571 g/mol. The highest BCUT2D eigenvalue weighted by atomic mass is 32.2. The van der Waals surface area contributed by atoms with Gasteiger partial charge in [0, 0.05) is 24.9 Å². The molecule has 1 fully saturated rings. The predicted octanol–water partition coefficient (Wildman–Crippen LogP) is 5.12. The summed E-state index contributed by atoms with van der Waals surface area (Å²) in [5.41, 5.74) is 3.82. The van der Waals surface area contributed by atoms with E-state index in [9.17, 15) is 13.2 Å². The molecule has 3 aliphatic heterocycles. The average molecular weight is 572 g/mol. The molecule has 0 bridgehead atoms. The first-order chi connectivity index (χ1) is 19.7. The number of carbonyl (C=O) groups is 1. The molecule has 0 amide bonds. The standard InChI is InChI=1S/C31H33N5O4S/c1-20-16-21(2)18-34(17-20)41(38,39)26-14-15-27-32-30-28(22(3)33-36(30)25-8-6-5-7-9-25)29(35(27)19-26)23-10-12-24(13-11-23)31(37)40-4/h5-15,19-21,29H,16-18H2,1-4H3. The van der Waals surface area contributed by atoms with Crippen LogP contribution in [0.2, 0.25) is 0 Å². The number of esters is 1. The van der Waals surface area contributed by atoms with Gasteiger partial charge < -0.3 is 9.64 Å². The summed E-state index contributed by atoms with van der Waals surface area (Å²) >= 11 is 0. The fourth-order valence-electron chi connectivity index (χ4n) is 6.09. The normalized spacial score (nSPS) is 22.4. The molecule has 212 valence electrons. The number of allylic oxidation sites excluding steroid dienone is 1. The Hall–Kier alpha value is -4.02. The number of benzene rings is 2. The van der Waals surface area contributed by atoms with Crippen molar-refractivity contribution in [1.29, 1.82) is 0 Å². The molecule has 0 saturated carbocycles. The van der Waals surface area contributed by atoms with Gasteiger partial charge in [-0.1, -0.05) is 44.2 Å². The molecule has 3 aromatic rings. The van der Waals surface area contributed by atoms with Crippen LogP contribution in [-0.4, -0.2) is 59.4 Å². The second-order valence-corrected chi connectivity index (χ2v) is 13.0. The van der Waals surface area contributed by atoms with Gasteiger partial charge in [-0.2, -0.15) is 9.40 Å². The summed E-state index contributed by atoms with van der Waals surface area (Å²) < 4.78 is 36.1. The summed E-state index contributed by atoms with van der Waals surface area (Å²) in [5, 5.41) is 4.85. The van der Waals surface area contributed by atoms with E-state index in [4.69, 9.17) is 14.8 Å². The number of hydrogen-bond donors (Lipinski definition) is 0. The highest BCUT2D eigenvalue weighted by molar-refractivity contribution is 7.93. The third-order valence-corrected chi connectivity index (χ3v) is 9.72. The molecular weight excluding hydrogens is 538 g/mol. The number of aliphatic imine (C=N–C) groups is 1. The Morgan fingerprint density at radius 1 is 0.976 bits per heavy atom. The number of methoxy groups -OCH3 is 1. The van der Waals surface area contributed by atoms with E-state index >= 15 is 0 Å². The van der Waals surface area contributed by atoms with Crippen LogP contribution in [0.15, 0.2) is 82.8 Å². The second kappa shape index (κ2) is 10.4. The minimum atomic E-state index is -3.72. The van der Waals surface area contributed by atoms with Crippen LogP contribution in [0, 0.1) is 18.8 Å². The first-order valence-electron chi connectivity index (χ1n) is 13.8. The number of aromatic nitrogens is 2. The summed E-state index contributed by atoms with van der Waals surface area (Å²) in [5.74, 6) is 1.46. The molecule has 0 N–H and O–H groups in total. The van der Waals surface area contributed by atoms with Crippen molar-refractivity contribution in [3.63, 3.8) is 0 Å². The van der Waals surface area contributed by atoms with E-state index in [1.807, 2.05) is 59.0 Å². The zero-order chi connectivity index (χ0) is 28.9. The number of rotatable bonds is 5. The summed E-state index contributed by atoms with van der Waals surface area (Å²) in [6.07, 6.45) is 6.12. The Labute approximate surface area is 240 Å². The Kier molecular flexibility index (Phi) is 6.91. The summed E-state index contributed by atoms with van der Waals surface area (Å²) in [6, 6.07) is 16.6. The number of ether oxygens (including phenoxy) is 1. The van der Waals surface area contributed by atoms with Gasteiger partial charge in [0.2, 0.25) is 10.0 Å². The lowest BCUT2D eigenvalue weighted by Gasteiger charge is -2.38. The Morgan fingerprint density at radius 2 is 1.66 bits per heavy atom. The number of carbonyl (C=O) groups excluding carboxylic acids is 1. The zero-order valence-corrected chi connectivity index (χ0v) is 24.4. The molecule has 0 spiro atoms. The van der Waals surface area contributed by atoms with Crippen LogP contribution in [-0.2, 0) is 14.8 Å². The molecule has 3 atom stereocenters. The van der Waals surface area contributed by atoms with Gasteiger partial charge in [-0.25, -0.2) is 22.9 Å². The molecule has 3 unspecified atom stereocenters. The third kappa shape index (κ3) is 4.81. The Morgan fingerprint density at radius 3 is 2.32 bits per heavy atom. The molecule has 1 saturated heterocycles. The predicted molar refractivity (Wildman–Crippen MR) is 158 cm³/mol. The molecule has 3 aliphatic rings. The van der Waals surface area contributed by atoms with Gasteiger partial charge in [0.15, 0.2) is 5.82 Å². The summed E-state index contributed by atoms with van der Waals surface area (Å²) in [7, 11) is -2.37. The SMILES string of the molecule is COC(=O)c1ccc(C2c3c(C)nn(-c4ccccc4)c3N=C3C=CC(S(=O)(=O)N4CC(C)CC(C)C4)=CN32)cc1. The molecule has 2 aromatic carbocycles. The average Bonchev–Trinajstić information content (AvgIpc) is 3.30. The van der Waals surface area contributed by atoms with Crippen LogP contribution in [0.25, 0.3) is 5.69 Å². The van der Waals surface area contributed by atoms with Crippen molar-refractivity contribution in [2.24, 2.45) is 16.8 Å². The molecule has 4 heterocycles. The second-order valence-electron chi connectivity index (χ2n) is 11.1. The van der Waals surface area contributed by atoms with Crippen molar-refractivity contribution in [2.45, 2.75) is 33.2 Å². The van der Waals surface area contributed by atoms with E-state index in [-0.39, 0.29) is 4.91 Å². The van der Waals surface area contributed by atoms with Gasteiger partial charge in [-0.3, -0.25) is 0 Å². The largest absolute Gasteiger partial charge is 0.465 e. The molecule has 0 radical (unpaired) electrons. The molecule has 0 aliphatic carbocycles. The van der Waals surface area contributed by atoms with Crippen molar-refractivity contribution >= 4 is 27.6 Å². The van der Waals surface area contributed by atoms with Crippen LogP contribution < -0.4 is 0 Å². The van der Waals surface area contributed by atoms with E-state index in [1.165, 1.54) is 7.11 Å². The number of piperidine rings is 1. The number of para-hydroxylation sites is 1. The zero-order valence-electron chi connectivity index (χ0n) is 23.6. The molecule has 9 nitrogen and oxygen atoms in total. The number of hydrogen-bond acceptors (Lipinski definition) is 7. The minimum absolute atomic E-state index is 0.227. The van der Waals surface area contributed by atoms with Crippen molar-refractivity contribution < 1.29 is 17.9 Å². The van der Waals surface area contributed by atoms with E-state index in [2.05, 4.69) is 13.8 Å². The van der Waals surface area contributed by atoms with Gasteiger partial charge in [0.05, 0.1) is 35.0 Å². The lowest BCUT2D eigenvalue weighted by Crippen LogP contribution is -2.44. The number of sulfonamides is 1. The lowest BCUT2D eigenvalue weighted by molar-refractivity contribution is 0.0600. The minimum Gasteiger partial charge on any atom is -0.465 e. The number of nitrogens with zero attached hydrogens (tertiary/aromatic N) is 5. The van der Waals surface area contributed by atoms with Crippen molar-refractivity contribution in [3.8, 4) is 5.69 Å². The highest BCUT2D eigenvalue weighted by Crippen LogP contribution is 2.44. The first kappa shape index (κ1) is 27.2. The van der Waals surface area contributed by atoms with E-state index in [0.29, 0.717) is 42.1 Å². The number of amidine groups is 1. The van der Waals surface area contributed by atoms with Gasteiger partial charge in [-0.05, 0) is 67.2 Å². The fourth-order valence-corrected chi connectivity index (χ4v) is 7.78. The van der Waals surface area contributed by atoms with Crippen molar-refractivity contribution in [2.75, 3.05) is 20.2 Å². The maximum Gasteiger partial charge on any atom is 0.337 e. The van der Waals surface area contributed by atoms with Gasteiger partial charge in [-0.15, -0.1) is 0 Å². The van der Waals surface area contributed by atoms with Crippen LogP contribution in [0.5, 0.6) is 0 Å². The number of fused-ring (bicyclic) bond motifs is 2. The maximum absolute atomic E-state index is 13.9. The van der Waals surface area contributed by atoms with Crippen LogP contribution >= 0.6 is 0 Å². The summed E-state index contributed by atoms with van der Waals surface area (Å²) in [6.45, 7) is 7.14. The molecule has 6 rings (SSSR count). The molecule has 1 aromatic heterocycles. The molecule has 41 heavy (non-hydrogen) atoms. The van der Waals surface area contributed by atoms with Gasteiger partial charge in [0.25, 0.3) is 0 Å². The quantitative estimate of drug-likeness (QED) is 0.395. The fraction of sp³-hybridized carbons (Fsp3) is 0.323.